The number of aromatic nitrogens is 2. The Morgan fingerprint density at radius 1 is 0.561 bits per heavy atom. The van der Waals surface area contributed by atoms with Gasteiger partial charge in [-0.3, -0.25) is 10.2 Å². The van der Waals surface area contributed by atoms with Gasteiger partial charge in [0.15, 0.2) is 0 Å². The molecule has 66 heavy (non-hydrogen) atoms. The number of allylic oxidation sites excluding steroid dienone is 8. The second-order valence-corrected chi connectivity index (χ2v) is 17.1. The number of benzene rings is 1. The van der Waals surface area contributed by atoms with Crippen molar-refractivity contribution in [1.29, 1.82) is 0 Å². The number of hydrazone groups is 1. The molecule has 0 amide bonds. The average Bonchev–Trinajstić information content (AvgIpc) is 3.19. The fraction of sp³-hybridized carbons (Fsp3) is 0.449. The highest BCUT2D eigenvalue weighted by Crippen LogP contribution is 2.37. The van der Waals surface area contributed by atoms with Crippen LogP contribution in [0.5, 0.6) is 0 Å². The molecule has 4 N–H and O–H groups in total. The molecular formula is C49H64F10N6O. The molecular weight excluding hydrogens is 879 g/mol. The summed E-state index contributed by atoms with van der Waals surface area (Å²) in [6.45, 7) is 35.6. The molecule has 0 bridgehead atoms. The Bertz CT molecular complexity index is 2180. The van der Waals surface area contributed by atoms with E-state index >= 15 is 0 Å². The number of hydrogen-bond acceptors (Lipinski definition) is 6. The molecule has 3 aliphatic heterocycles. The van der Waals surface area contributed by atoms with E-state index in [0.29, 0.717) is 34.7 Å². The Morgan fingerprint density at radius 2 is 1.03 bits per heavy atom. The van der Waals surface area contributed by atoms with E-state index in [9.17, 15) is 48.7 Å². The molecule has 0 atom stereocenters. The zero-order chi connectivity index (χ0) is 51.2. The topological polar surface area (TPSA) is 94.2 Å². The molecule has 1 aromatic heterocycles. The molecule has 17 heteroatoms. The highest BCUT2D eigenvalue weighted by atomic mass is 19.4. The normalized spacial score (nSPS) is 15.1. The third-order valence-corrected chi connectivity index (χ3v) is 9.94. The van der Waals surface area contributed by atoms with Crippen LogP contribution in [0.2, 0.25) is 0 Å². The van der Waals surface area contributed by atoms with Gasteiger partial charge >= 0.3 is 12.4 Å². The number of rotatable bonds is 7. The van der Waals surface area contributed by atoms with Crippen molar-refractivity contribution in [3.8, 4) is 0 Å². The summed E-state index contributed by atoms with van der Waals surface area (Å²) in [5, 5.41) is 14.7. The highest BCUT2D eigenvalue weighted by Gasteiger charge is 2.38. The maximum Gasteiger partial charge on any atom is 0.418 e. The summed E-state index contributed by atoms with van der Waals surface area (Å²) < 4.78 is 125. The molecule has 0 radical (unpaired) electrons. The number of alkyl halides is 10. The molecule has 3 aliphatic rings. The fourth-order valence-electron chi connectivity index (χ4n) is 6.14. The Kier molecular flexibility index (Phi) is 22.4. The van der Waals surface area contributed by atoms with Crippen molar-refractivity contribution < 1.29 is 43.9 Å². The van der Waals surface area contributed by atoms with E-state index in [2.05, 4.69) is 92.7 Å². The summed E-state index contributed by atoms with van der Waals surface area (Å²) in [7, 11) is 0. The lowest BCUT2D eigenvalue weighted by Crippen LogP contribution is -2.24. The minimum atomic E-state index is -4.53. The van der Waals surface area contributed by atoms with Gasteiger partial charge in [-0.05, 0) is 102 Å². The Hall–Kier alpha value is -5.61. The van der Waals surface area contributed by atoms with E-state index in [1.165, 1.54) is 40.6 Å². The largest absolute Gasteiger partial charge is 0.418 e. The number of aromatic amines is 1. The van der Waals surface area contributed by atoms with Gasteiger partial charge in [0.25, 0.3) is 18.4 Å². The summed E-state index contributed by atoms with van der Waals surface area (Å²) >= 11 is 0. The molecule has 2 aromatic rings. The molecule has 4 heterocycles. The van der Waals surface area contributed by atoms with Gasteiger partial charge in [-0.15, -0.1) is 0 Å². The molecule has 366 valence electrons. The van der Waals surface area contributed by atoms with E-state index in [-0.39, 0.29) is 51.8 Å². The van der Waals surface area contributed by atoms with E-state index in [0.717, 1.165) is 6.08 Å². The van der Waals surface area contributed by atoms with Crippen LogP contribution in [0, 0.1) is 38.5 Å². The van der Waals surface area contributed by atoms with E-state index in [1.807, 2.05) is 32.8 Å². The van der Waals surface area contributed by atoms with Crippen LogP contribution in [-0.4, -0.2) is 34.9 Å². The monoisotopic (exact) mass is 942 g/mol. The van der Waals surface area contributed by atoms with Gasteiger partial charge in [0.1, 0.15) is 0 Å². The van der Waals surface area contributed by atoms with Crippen LogP contribution >= 0.6 is 0 Å². The zero-order valence-electron chi connectivity index (χ0n) is 39.9. The molecule has 0 saturated heterocycles. The third kappa shape index (κ3) is 18.3. The fourth-order valence-corrected chi connectivity index (χ4v) is 6.14. The minimum absolute atomic E-state index is 0.0131. The standard InChI is InChI=1S/C12H18.C10H12F3N.C10H13F2N.C9H12F2N2.C8H9F3N2O/c1-8(2)12-6-9(3)11(5)10(4)7-12;1-6(2)8-5-14-7(3)4-9(8)10(11,12)13;1-6(2)9-5-13-7(3)4-8(9)10(11)12;1-5(2)8-7(9(10)11)4-6(3)12-13-8;1-4(2)7-5(8(9,10)11)3-6(14)12-13-7/h6-8H,1-5H3;4-6,14H,3H2,1-2H3;4-6,10,13H,3H2,1-2H3;4-5,9,12H,3H2,1-2H3;3-4H,1-2H3,(H,12,14). The molecule has 5 rings (SSSR count). The van der Waals surface area contributed by atoms with Crippen LogP contribution in [-0.2, 0) is 6.18 Å². The van der Waals surface area contributed by atoms with Crippen molar-refractivity contribution in [2.45, 2.75) is 127 Å². The van der Waals surface area contributed by atoms with Gasteiger partial charge in [-0.2, -0.15) is 36.5 Å². The first-order valence-corrected chi connectivity index (χ1v) is 21.1. The van der Waals surface area contributed by atoms with Crippen molar-refractivity contribution in [2.75, 3.05) is 0 Å². The van der Waals surface area contributed by atoms with Gasteiger partial charge in [0, 0.05) is 46.7 Å². The molecule has 0 fully saturated rings. The maximum atomic E-state index is 12.5. The minimum Gasteiger partial charge on any atom is -0.362 e. The van der Waals surface area contributed by atoms with Crippen molar-refractivity contribution >= 4 is 5.71 Å². The van der Waals surface area contributed by atoms with Gasteiger partial charge in [0.05, 0.1) is 22.5 Å². The highest BCUT2D eigenvalue weighted by molar-refractivity contribution is 6.03. The first kappa shape index (κ1) is 58.4. The van der Waals surface area contributed by atoms with Gasteiger partial charge < -0.3 is 10.6 Å². The first-order chi connectivity index (χ1) is 30.2. The van der Waals surface area contributed by atoms with E-state index in [1.54, 1.807) is 33.9 Å². The van der Waals surface area contributed by atoms with Gasteiger partial charge in [-0.25, -0.2) is 22.7 Å². The second-order valence-electron chi connectivity index (χ2n) is 17.1. The molecule has 7 nitrogen and oxygen atoms in total. The molecule has 0 saturated carbocycles. The number of dihydropyridines is 2. The number of nitrogens with zero attached hydrogens (tertiary/aromatic N) is 2. The van der Waals surface area contributed by atoms with E-state index < -0.39 is 41.9 Å². The Balaban J connectivity index is 0.000000413. The lowest BCUT2D eigenvalue weighted by molar-refractivity contribution is -0.138. The first-order valence-electron chi connectivity index (χ1n) is 21.1. The summed E-state index contributed by atoms with van der Waals surface area (Å²) in [4.78, 5) is 10.7. The quantitative estimate of drug-likeness (QED) is 0.208. The predicted molar refractivity (Wildman–Crippen MR) is 246 cm³/mol. The summed E-state index contributed by atoms with van der Waals surface area (Å²) in [5.74, 6) is 0.177. The number of halogens is 10. The van der Waals surface area contributed by atoms with E-state index in [4.69, 9.17) is 0 Å². The van der Waals surface area contributed by atoms with Crippen LogP contribution in [0.1, 0.15) is 115 Å². The van der Waals surface area contributed by atoms with Crippen LogP contribution in [0.3, 0.4) is 0 Å². The summed E-state index contributed by atoms with van der Waals surface area (Å²) in [5.41, 5.74) is 8.31. The van der Waals surface area contributed by atoms with Crippen LogP contribution in [0.25, 0.3) is 0 Å². The van der Waals surface area contributed by atoms with Crippen molar-refractivity contribution in [2.24, 2.45) is 22.9 Å². The lowest BCUT2D eigenvalue weighted by atomic mass is 9.93. The second kappa shape index (κ2) is 25.3. The van der Waals surface area contributed by atoms with Gasteiger partial charge in [0.2, 0.25) is 0 Å². The van der Waals surface area contributed by atoms with Gasteiger partial charge in [-0.1, -0.05) is 101 Å². The number of aryl methyl sites for hydroxylation is 2. The summed E-state index contributed by atoms with van der Waals surface area (Å²) in [6, 6.07) is 5.13. The van der Waals surface area contributed by atoms with Crippen LogP contribution in [0.4, 0.5) is 43.9 Å². The zero-order valence-corrected chi connectivity index (χ0v) is 39.9. The smallest absolute Gasteiger partial charge is 0.362 e. The predicted octanol–water partition coefficient (Wildman–Crippen LogP) is 13.9. The van der Waals surface area contributed by atoms with Crippen molar-refractivity contribution in [3.05, 3.63) is 157 Å². The summed E-state index contributed by atoms with van der Waals surface area (Å²) in [6.07, 6.45) is -6.98. The number of H-pyrrole nitrogens is 1. The number of hydrogen-bond donors (Lipinski definition) is 4. The lowest BCUT2D eigenvalue weighted by Gasteiger charge is -2.22. The molecule has 0 unspecified atom stereocenters. The van der Waals surface area contributed by atoms with Crippen molar-refractivity contribution in [1.82, 2.24) is 26.3 Å². The molecule has 0 spiro atoms. The maximum absolute atomic E-state index is 12.5. The third-order valence-electron chi connectivity index (χ3n) is 9.94. The molecule has 1 aromatic carbocycles. The van der Waals surface area contributed by atoms with Crippen LogP contribution in [0.15, 0.2) is 123 Å². The Labute approximate surface area is 382 Å². The SMILES string of the molecule is C=C1C=C(C(F)(F)F)C(C(C)C)=CN1.C=C1C=C(C(F)F)C(C(C)C)=CN1.C=C1C=C(C(F)F)C(C(C)C)=NN1.CC(C)c1n[nH]c(=O)cc1C(F)(F)F.Cc1cc(C(C)C)cc(C)c1C. The van der Waals surface area contributed by atoms with Crippen LogP contribution < -0.4 is 21.6 Å². The number of nitrogens with one attached hydrogen (secondary N) is 4. The molecule has 0 aliphatic carbocycles. The average molecular weight is 943 g/mol. The Morgan fingerprint density at radius 3 is 1.44 bits per heavy atom. The van der Waals surface area contributed by atoms with Crippen molar-refractivity contribution in [3.63, 3.8) is 0 Å².